The van der Waals surface area contributed by atoms with Crippen LogP contribution in [0.3, 0.4) is 0 Å². The van der Waals surface area contributed by atoms with Gasteiger partial charge in [0.1, 0.15) is 6.29 Å². The van der Waals surface area contributed by atoms with Crippen molar-refractivity contribution < 1.29 is 14.0 Å². The molecule has 0 radical (unpaired) electrons. The Bertz CT molecular complexity index is 481. The Kier molecular flexibility index (Phi) is 8.34. The molecule has 0 N–H and O–H groups in total. The first-order valence-electron chi connectivity index (χ1n) is 8.93. The Morgan fingerprint density at radius 1 is 1.12 bits per heavy atom. The molecule has 1 rings (SSSR count). The predicted molar refractivity (Wildman–Crippen MR) is 103 cm³/mol. The summed E-state index contributed by atoms with van der Waals surface area (Å²) >= 11 is 0. The van der Waals surface area contributed by atoms with Crippen molar-refractivity contribution in [2.75, 3.05) is 0 Å². The van der Waals surface area contributed by atoms with E-state index in [2.05, 4.69) is 40.8 Å². The van der Waals surface area contributed by atoms with Crippen LogP contribution >= 0.6 is 0 Å². The lowest BCUT2D eigenvalue weighted by atomic mass is 9.77. The van der Waals surface area contributed by atoms with E-state index in [0.717, 1.165) is 11.8 Å². The molecule has 4 atom stereocenters. The van der Waals surface area contributed by atoms with Crippen molar-refractivity contribution in [3.8, 4) is 0 Å². The van der Waals surface area contributed by atoms with Crippen LogP contribution in [0.15, 0.2) is 30.3 Å². The summed E-state index contributed by atoms with van der Waals surface area (Å²) in [6, 6.07) is 10.1. The van der Waals surface area contributed by atoms with E-state index in [1.807, 2.05) is 37.3 Å². The summed E-state index contributed by atoms with van der Waals surface area (Å²) in [5.74, 6) is -0.0187. The summed E-state index contributed by atoms with van der Waals surface area (Å²) in [7, 11) is -1.19. The maximum absolute atomic E-state index is 11.4. The van der Waals surface area contributed by atoms with E-state index in [9.17, 15) is 4.79 Å². The first kappa shape index (κ1) is 21.1. The molecule has 0 saturated heterocycles. The zero-order valence-electron chi connectivity index (χ0n) is 16.3. The second-order valence-electron chi connectivity index (χ2n) is 8.09. The molecule has 0 amide bonds. The molecule has 0 saturated carbocycles. The molecule has 3 nitrogen and oxygen atoms in total. The molecule has 4 heteroatoms. The Labute approximate surface area is 149 Å². The van der Waals surface area contributed by atoms with Crippen molar-refractivity contribution in [3.05, 3.63) is 35.9 Å². The first-order chi connectivity index (χ1) is 11.2. The van der Waals surface area contributed by atoms with Crippen molar-refractivity contribution in [2.45, 2.75) is 66.5 Å². The SMILES string of the molecule is CC(C=O)C(OCc1ccccc1)C(C)C(O[SiH](C)C)C(C)(C)C. The molecular formula is C20H34O3Si. The Morgan fingerprint density at radius 3 is 2.17 bits per heavy atom. The van der Waals surface area contributed by atoms with Crippen LogP contribution in [0.25, 0.3) is 0 Å². The zero-order valence-corrected chi connectivity index (χ0v) is 17.4. The predicted octanol–water partition coefficient (Wildman–Crippen LogP) is 4.46. The lowest BCUT2D eigenvalue weighted by Gasteiger charge is -2.41. The number of carbonyl (C=O) groups excluding carboxylic acids is 1. The lowest BCUT2D eigenvalue weighted by molar-refractivity contribution is -0.123. The first-order valence-corrected chi connectivity index (χ1v) is 11.7. The number of carbonyl (C=O) groups is 1. The molecule has 24 heavy (non-hydrogen) atoms. The fourth-order valence-electron chi connectivity index (χ4n) is 3.21. The summed E-state index contributed by atoms with van der Waals surface area (Å²) in [5.41, 5.74) is 1.13. The third-order valence-corrected chi connectivity index (χ3v) is 5.12. The Balaban J connectivity index is 2.93. The maximum Gasteiger partial charge on any atom is 0.171 e. The van der Waals surface area contributed by atoms with Crippen molar-refractivity contribution in [3.63, 3.8) is 0 Å². The average Bonchev–Trinajstić information content (AvgIpc) is 2.52. The highest BCUT2D eigenvalue weighted by molar-refractivity contribution is 6.48. The standard InChI is InChI=1S/C20H34O3Si/c1-15(13-21)18(22-14-17-11-9-8-10-12-17)16(2)19(20(3,4)5)23-24(6)7/h8-13,15-16,18-19,24H,14H2,1-7H3. The number of hydrogen-bond donors (Lipinski definition) is 0. The molecule has 0 aliphatic heterocycles. The topological polar surface area (TPSA) is 35.5 Å². The number of aldehydes is 1. The molecule has 1 aromatic rings. The normalized spacial score (nSPS) is 17.3. The molecule has 0 aromatic heterocycles. The van der Waals surface area contributed by atoms with Gasteiger partial charge in [-0.2, -0.15) is 0 Å². The molecular weight excluding hydrogens is 316 g/mol. The van der Waals surface area contributed by atoms with Gasteiger partial charge in [0.05, 0.1) is 18.8 Å². The van der Waals surface area contributed by atoms with Crippen LogP contribution in [0, 0.1) is 17.3 Å². The second-order valence-corrected chi connectivity index (χ2v) is 10.5. The van der Waals surface area contributed by atoms with Gasteiger partial charge in [-0.05, 0) is 24.1 Å². The second kappa shape index (κ2) is 9.49. The summed E-state index contributed by atoms with van der Waals surface area (Å²) in [6.45, 7) is 15.6. The van der Waals surface area contributed by atoms with Crippen LogP contribution in [-0.4, -0.2) is 27.5 Å². The molecule has 0 spiro atoms. The third-order valence-electron chi connectivity index (χ3n) is 4.29. The van der Waals surface area contributed by atoms with Gasteiger partial charge in [-0.25, -0.2) is 0 Å². The molecule has 0 aliphatic rings. The summed E-state index contributed by atoms with van der Waals surface area (Å²) in [6.07, 6.45) is 0.922. The van der Waals surface area contributed by atoms with Crippen molar-refractivity contribution in [1.29, 1.82) is 0 Å². The van der Waals surface area contributed by atoms with Gasteiger partial charge in [0.2, 0.25) is 0 Å². The van der Waals surface area contributed by atoms with Crippen LogP contribution < -0.4 is 0 Å². The van der Waals surface area contributed by atoms with Crippen LogP contribution in [0.4, 0.5) is 0 Å². The maximum atomic E-state index is 11.4. The number of hydrogen-bond acceptors (Lipinski definition) is 3. The van der Waals surface area contributed by atoms with Crippen LogP contribution in [0.5, 0.6) is 0 Å². The highest BCUT2D eigenvalue weighted by Crippen LogP contribution is 2.33. The Hall–Kier alpha value is -0.973. The molecule has 0 fully saturated rings. The minimum absolute atomic E-state index is 0.00759. The van der Waals surface area contributed by atoms with Gasteiger partial charge in [-0.1, -0.05) is 65.0 Å². The largest absolute Gasteiger partial charge is 0.417 e. The minimum atomic E-state index is -1.19. The monoisotopic (exact) mass is 350 g/mol. The van der Waals surface area contributed by atoms with Gasteiger partial charge in [0.15, 0.2) is 9.04 Å². The van der Waals surface area contributed by atoms with Gasteiger partial charge in [0, 0.05) is 11.8 Å². The van der Waals surface area contributed by atoms with Crippen molar-refractivity contribution in [1.82, 2.24) is 0 Å². The van der Waals surface area contributed by atoms with E-state index in [1.165, 1.54) is 0 Å². The smallest absolute Gasteiger partial charge is 0.171 e. The highest BCUT2D eigenvalue weighted by atomic mass is 28.3. The highest BCUT2D eigenvalue weighted by Gasteiger charge is 2.38. The fraction of sp³-hybridized carbons (Fsp3) is 0.650. The number of benzene rings is 1. The number of ether oxygens (including phenoxy) is 1. The molecule has 4 unspecified atom stereocenters. The average molecular weight is 351 g/mol. The molecule has 136 valence electrons. The molecule has 0 aliphatic carbocycles. The van der Waals surface area contributed by atoms with Gasteiger partial charge in [-0.15, -0.1) is 0 Å². The number of rotatable bonds is 9. The molecule has 0 heterocycles. The van der Waals surface area contributed by atoms with Crippen LogP contribution in [0.1, 0.15) is 40.2 Å². The van der Waals surface area contributed by atoms with E-state index >= 15 is 0 Å². The van der Waals surface area contributed by atoms with Gasteiger partial charge >= 0.3 is 0 Å². The minimum Gasteiger partial charge on any atom is -0.417 e. The van der Waals surface area contributed by atoms with Gasteiger partial charge in [0.25, 0.3) is 0 Å². The fourth-order valence-corrected chi connectivity index (χ4v) is 4.45. The van der Waals surface area contributed by atoms with Crippen molar-refractivity contribution in [2.24, 2.45) is 17.3 Å². The zero-order chi connectivity index (χ0) is 18.3. The summed E-state index contributed by atoms with van der Waals surface area (Å²) in [5, 5.41) is 0. The summed E-state index contributed by atoms with van der Waals surface area (Å²) in [4.78, 5) is 11.4. The lowest BCUT2D eigenvalue weighted by Crippen LogP contribution is -2.46. The van der Waals surface area contributed by atoms with Gasteiger partial charge < -0.3 is 14.0 Å². The van der Waals surface area contributed by atoms with E-state index in [4.69, 9.17) is 9.16 Å². The van der Waals surface area contributed by atoms with E-state index < -0.39 is 9.04 Å². The van der Waals surface area contributed by atoms with E-state index in [1.54, 1.807) is 0 Å². The van der Waals surface area contributed by atoms with Crippen LogP contribution in [0.2, 0.25) is 13.1 Å². The summed E-state index contributed by atoms with van der Waals surface area (Å²) < 4.78 is 12.6. The quantitative estimate of drug-likeness (QED) is 0.487. The molecule has 1 aromatic carbocycles. The van der Waals surface area contributed by atoms with Gasteiger partial charge in [-0.3, -0.25) is 0 Å². The molecule has 0 bridgehead atoms. The van der Waals surface area contributed by atoms with E-state index in [0.29, 0.717) is 6.61 Å². The van der Waals surface area contributed by atoms with Crippen LogP contribution in [-0.2, 0) is 20.6 Å². The van der Waals surface area contributed by atoms with Crippen molar-refractivity contribution >= 4 is 15.3 Å². The third kappa shape index (κ3) is 6.50. The van der Waals surface area contributed by atoms with E-state index in [-0.39, 0.29) is 29.5 Å². The Morgan fingerprint density at radius 2 is 1.71 bits per heavy atom.